The van der Waals surface area contributed by atoms with Crippen LogP contribution in [0.5, 0.6) is 0 Å². The Morgan fingerprint density at radius 1 is 0.452 bits per heavy atom. The summed E-state index contributed by atoms with van der Waals surface area (Å²) < 4.78 is 4.83. The molecule has 0 aliphatic heterocycles. The van der Waals surface area contributed by atoms with Crippen molar-refractivity contribution in [2.75, 3.05) is 0 Å². The Labute approximate surface area is 244 Å². The van der Waals surface area contributed by atoms with Crippen LogP contribution < -0.4 is 0 Å². The lowest BCUT2D eigenvalue weighted by Gasteiger charge is -2.13. The third kappa shape index (κ3) is 3.39. The number of benzene rings is 6. The van der Waals surface area contributed by atoms with Crippen molar-refractivity contribution in [3.63, 3.8) is 0 Å². The molecule has 2 heterocycles. The summed E-state index contributed by atoms with van der Waals surface area (Å²) in [5, 5.41) is 5.17. The minimum Gasteiger partial charge on any atom is -0.309 e. The first-order valence-corrected chi connectivity index (χ1v) is 14.8. The number of nitrogens with zero attached hydrogens (tertiary/aromatic N) is 2. The molecule has 2 heteroatoms. The van der Waals surface area contributed by atoms with E-state index in [4.69, 9.17) is 0 Å². The molecule has 0 unspecified atom stereocenters. The number of hydrogen-bond donors (Lipinski definition) is 0. The quantitative estimate of drug-likeness (QED) is 0.213. The molecule has 0 atom stereocenters. The monoisotopic (exact) mass is 536 g/mol. The van der Waals surface area contributed by atoms with Crippen LogP contribution in [0.25, 0.3) is 72.2 Å². The van der Waals surface area contributed by atoms with Gasteiger partial charge < -0.3 is 9.13 Å². The molecule has 0 radical (unpaired) electrons. The Morgan fingerprint density at radius 3 is 1.69 bits per heavy atom. The molecule has 198 valence electrons. The van der Waals surface area contributed by atoms with Gasteiger partial charge in [0.15, 0.2) is 0 Å². The van der Waals surface area contributed by atoms with Gasteiger partial charge in [-0.25, -0.2) is 0 Å². The van der Waals surface area contributed by atoms with Crippen LogP contribution in [0.4, 0.5) is 0 Å². The topological polar surface area (TPSA) is 9.86 Å². The Morgan fingerprint density at radius 2 is 1.02 bits per heavy atom. The summed E-state index contributed by atoms with van der Waals surface area (Å²) in [5.74, 6) is 0. The normalized spacial score (nSPS) is 13.0. The molecule has 0 fully saturated rings. The van der Waals surface area contributed by atoms with Gasteiger partial charge in [-0.05, 0) is 83.6 Å². The van der Waals surface area contributed by atoms with Gasteiger partial charge in [0.05, 0.1) is 22.1 Å². The third-order valence-corrected chi connectivity index (χ3v) is 8.97. The number of fused-ring (bicyclic) bond motifs is 8. The van der Waals surface area contributed by atoms with Crippen LogP contribution >= 0.6 is 0 Å². The molecule has 6 aromatic carbocycles. The second kappa shape index (κ2) is 9.09. The summed E-state index contributed by atoms with van der Waals surface area (Å²) >= 11 is 0. The van der Waals surface area contributed by atoms with E-state index in [1.165, 1.54) is 77.2 Å². The van der Waals surface area contributed by atoms with Crippen LogP contribution in [0.2, 0.25) is 0 Å². The Hall–Kier alpha value is -5.34. The Kier molecular flexibility index (Phi) is 5.06. The maximum absolute atomic E-state index is 2.43. The van der Waals surface area contributed by atoms with Crippen LogP contribution in [-0.2, 0) is 6.42 Å². The van der Waals surface area contributed by atoms with Gasteiger partial charge in [-0.3, -0.25) is 0 Å². The second-order valence-electron chi connectivity index (χ2n) is 11.3. The van der Waals surface area contributed by atoms with Crippen LogP contribution in [0.1, 0.15) is 17.5 Å². The van der Waals surface area contributed by atoms with Crippen molar-refractivity contribution < 1.29 is 0 Å². The van der Waals surface area contributed by atoms with Crippen molar-refractivity contribution in [1.82, 2.24) is 9.13 Å². The molecule has 0 spiro atoms. The van der Waals surface area contributed by atoms with E-state index in [2.05, 4.69) is 155 Å². The molecule has 42 heavy (non-hydrogen) atoms. The van der Waals surface area contributed by atoms with Crippen molar-refractivity contribution in [3.05, 3.63) is 151 Å². The van der Waals surface area contributed by atoms with Crippen molar-refractivity contribution in [2.24, 2.45) is 0 Å². The summed E-state index contributed by atoms with van der Waals surface area (Å²) in [7, 11) is 0. The van der Waals surface area contributed by atoms with Gasteiger partial charge in [-0.2, -0.15) is 0 Å². The molecule has 0 saturated carbocycles. The molecule has 0 bridgehead atoms. The number of aromatic nitrogens is 2. The molecule has 8 aromatic rings. The highest BCUT2D eigenvalue weighted by Crippen LogP contribution is 2.42. The molecule has 1 aliphatic carbocycles. The van der Waals surface area contributed by atoms with E-state index in [1.54, 1.807) is 0 Å². The fourth-order valence-corrected chi connectivity index (χ4v) is 7.07. The Balaban J connectivity index is 1.28. The third-order valence-electron chi connectivity index (χ3n) is 8.97. The molecular formula is C40H28N2. The van der Waals surface area contributed by atoms with Crippen LogP contribution in [-0.4, -0.2) is 9.13 Å². The minimum absolute atomic E-state index is 1.12. The molecular weight excluding hydrogens is 508 g/mol. The van der Waals surface area contributed by atoms with E-state index in [1.807, 2.05) is 0 Å². The van der Waals surface area contributed by atoms with E-state index >= 15 is 0 Å². The molecule has 2 nitrogen and oxygen atoms in total. The van der Waals surface area contributed by atoms with Crippen LogP contribution in [0.15, 0.2) is 140 Å². The predicted molar refractivity (Wildman–Crippen MR) is 178 cm³/mol. The summed E-state index contributed by atoms with van der Waals surface area (Å²) in [6, 6.07) is 48.9. The average Bonchev–Trinajstić information content (AvgIpc) is 3.58. The van der Waals surface area contributed by atoms with Gasteiger partial charge in [-0.1, -0.05) is 97.1 Å². The van der Waals surface area contributed by atoms with E-state index in [-0.39, 0.29) is 0 Å². The average molecular weight is 537 g/mol. The van der Waals surface area contributed by atoms with Gasteiger partial charge in [-0.15, -0.1) is 0 Å². The zero-order chi connectivity index (χ0) is 27.6. The van der Waals surface area contributed by atoms with E-state index < -0.39 is 0 Å². The first-order valence-electron chi connectivity index (χ1n) is 14.8. The molecule has 0 amide bonds. The van der Waals surface area contributed by atoms with Gasteiger partial charge in [0, 0.05) is 32.9 Å². The zero-order valence-corrected chi connectivity index (χ0v) is 23.2. The second-order valence-corrected chi connectivity index (χ2v) is 11.3. The summed E-state index contributed by atoms with van der Waals surface area (Å²) in [6.07, 6.45) is 6.77. The highest BCUT2D eigenvalue weighted by Gasteiger charge is 2.20. The van der Waals surface area contributed by atoms with Crippen LogP contribution in [0, 0.1) is 0 Å². The number of aryl methyl sites for hydroxylation is 1. The number of para-hydroxylation sites is 3. The molecule has 0 saturated heterocycles. The van der Waals surface area contributed by atoms with E-state index in [9.17, 15) is 0 Å². The standard InChI is InChI=1S/C40H28N2/c1-2-12-31(13-3-1)41-35-16-8-6-14-33(35)39-37(41)24-25-38-40(39)34-15-7-9-17-36(34)42(38)32-22-20-28(21-23-32)30-19-18-27-10-4-5-11-29(27)26-30/h1-4,6-10,12-26H,5,11H2. The number of hydrogen-bond acceptors (Lipinski definition) is 0. The van der Waals surface area contributed by atoms with E-state index in [0.29, 0.717) is 0 Å². The van der Waals surface area contributed by atoms with Crippen molar-refractivity contribution in [2.45, 2.75) is 12.8 Å². The van der Waals surface area contributed by atoms with Gasteiger partial charge in [0.25, 0.3) is 0 Å². The summed E-state index contributed by atoms with van der Waals surface area (Å²) in [6.45, 7) is 0. The maximum atomic E-state index is 2.43. The SMILES string of the molecule is C1=Cc2ccc(-c3ccc(-n4c5ccccc5c5c6c7ccccc7n(-c7ccccc7)c6ccc54)cc3)cc2CC1. The lowest BCUT2D eigenvalue weighted by atomic mass is 9.93. The van der Waals surface area contributed by atoms with E-state index in [0.717, 1.165) is 12.8 Å². The van der Waals surface area contributed by atoms with Gasteiger partial charge in [0.2, 0.25) is 0 Å². The zero-order valence-electron chi connectivity index (χ0n) is 23.2. The lowest BCUT2D eigenvalue weighted by Crippen LogP contribution is -1.96. The highest BCUT2D eigenvalue weighted by molar-refractivity contribution is 6.28. The number of rotatable bonds is 3. The van der Waals surface area contributed by atoms with Crippen molar-refractivity contribution >= 4 is 49.7 Å². The van der Waals surface area contributed by atoms with Gasteiger partial charge >= 0.3 is 0 Å². The first-order chi connectivity index (χ1) is 20.8. The largest absolute Gasteiger partial charge is 0.309 e. The fourth-order valence-electron chi connectivity index (χ4n) is 7.07. The number of allylic oxidation sites excluding steroid dienone is 1. The van der Waals surface area contributed by atoms with Crippen molar-refractivity contribution in [3.8, 4) is 22.5 Å². The Bertz CT molecular complexity index is 2330. The maximum Gasteiger partial charge on any atom is 0.0548 e. The highest BCUT2D eigenvalue weighted by atomic mass is 15.0. The lowest BCUT2D eigenvalue weighted by molar-refractivity contribution is 0.986. The molecule has 9 rings (SSSR count). The minimum atomic E-state index is 1.12. The first kappa shape index (κ1) is 23.4. The summed E-state index contributed by atoms with van der Waals surface area (Å²) in [4.78, 5) is 0. The van der Waals surface area contributed by atoms with Crippen molar-refractivity contribution in [1.29, 1.82) is 0 Å². The van der Waals surface area contributed by atoms with Crippen LogP contribution in [0.3, 0.4) is 0 Å². The molecule has 0 N–H and O–H groups in total. The molecule has 1 aliphatic rings. The molecule has 2 aromatic heterocycles. The fraction of sp³-hybridized carbons (Fsp3) is 0.0500. The summed E-state index contributed by atoms with van der Waals surface area (Å²) in [5.41, 5.74) is 12.6. The van der Waals surface area contributed by atoms with Gasteiger partial charge in [0.1, 0.15) is 0 Å². The smallest absolute Gasteiger partial charge is 0.0548 e. The predicted octanol–water partition coefficient (Wildman–Crippen LogP) is 10.5.